The second-order valence-electron chi connectivity index (χ2n) is 4.67. The van der Waals surface area contributed by atoms with Crippen molar-refractivity contribution in [3.05, 3.63) is 17.6 Å². The van der Waals surface area contributed by atoms with Crippen LogP contribution in [0.1, 0.15) is 35.6 Å². The highest BCUT2D eigenvalue weighted by Gasteiger charge is 2.23. The van der Waals surface area contributed by atoms with Gasteiger partial charge in [-0.1, -0.05) is 0 Å². The van der Waals surface area contributed by atoms with Crippen LogP contribution < -0.4 is 5.32 Å². The van der Waals surface area contributed by atoms with Gasteiger partial charge in [0.15, 0.2) is 5.76 Å². The molecule has 8 heteroatoms. The number of amides is 1. The Balaban J connectivity index is 1.99. The maximum atomic E-state index is 11.9. The smallest absolute Gasteiger partial charge is 0.287 e. The highest BCUT2D eigenvalue weighted by Crippen LogP contribution is 2.23. The van der Waals surface area contributed by atoms with Gasteiger partial charge in [-0.3, -0.25) is 4.79 Å². The molecule has 6 nitrogen and oxygen atoms in total. The Morgan fingerprint density at radius 2 is 2.25 bits per heavy atom. The molecule has 1 atom stereocenters. The van der Waals surface area contributed by atoms with Gasteiger partial charge in [0.2, 0.25) is 0 Å². The summed E-state index contributed by atoms with van der Waals surface area (Å²) in [5.41, 5.74) is 0. The molecule has 1 amide bonds. The van der Waals surface area contributed by atoms with Crippen LogP contribution in [0.4, 0.5) is 0 Å². The van der Waals surface area contributed by atoms with Crippen molar-refractivity contribution < 1.29 is 22.4 Å². The number of rotatable bonds is 4. The fraction of sp³-hybridized carbons (Fsp3) is 0.583. The Morgan fingerprint density at radius 1 is 1.50 bits per heavy atom. The van der Waals surface area contributed by atoms with E-state index in [-0.39, 0.29) is 22.5 Å². The van der Waals surface area contributed by atoms with E-state index in [0.717, 1.165) is 25.3 Å². The highest BCUT2D eigenvalue weighted by atomic mass is 35.7. The third-order valence-electron chi connectivity index (χ3n) is 3.12. The van der Waals surface area contributed by atoms with Crippen LogP contribution in [0.25, 0.3) is 0 Å². The SMILES string of the molecule is Cc1oc(C(=O)NCC2CCCCO2)cc1S(=O)(=O)Cl. The number of nitrogens with one attached hydrogen (secondary N) is 1. The summed E-state index contributed by atoms with van der Waals surface area (Å²) in [6.07, 6.45) is 3.02. The van der Waals surface area contributed by atoms with Crippen LogP contribution in [0.3, 0.4) is 0 Å². The molecule has 20 heavy (non-hydrogen) atoms. The standard InChI is InChI=1S/C12H16ClNO5S/c1-8-11(20(13,16)17)6-10(19-8)12(15)14-7-9-4-2-3-5-18-9/h6,9H,2-5,7H2,1H3,(H,14,15). The number of halogens is 1. The van der Waals surface area contributed by atoms with Crippen LogP contribution in [-0.2, 0) is 13.8 Å². The van der Waals surface area contributed by atoms with Crippen molar-refractivity contribution in [2.45, 2.75) is 37.2 Å². The maximum Gasteiger partial charge on any atom is 0.287 e. The number of ether oxygens (including phenoxy) is 1. The summed E-state index contributed by atoms with van der Waals surface area (Å²) < 4.78 is 33.1. The predicted octanol–water partition coefficient (Wildman–Crippen LogP) is 1.81. The lowest BCUT2D eigenvalue weighted by Gasteiger charge is -2.22. The minimum Gasteiger partial charge on any atom is -0.455 e. The third kappa shape index (κ3) is 3.74. The van der Waals surface area contributed by atoms with Crippen molar-refractivity contribution >= 4 is 25.6 Å². The number of hydrogen-bond donors (Lipinski definition) is 1. The lowest BCUT2D eigenvalue weighted by atomic mass is 10.1. The van der Waals surface area contributed by atoms with Crippen LogP contribution in [0.2, 0.25) is 0 Å². The second-order valence-corrected chi connectivity index (χ2v) is 7.20. The molecule has 1 aliphatic rings. The number of carbonyl (C=O) groups is 1. The molecule has 1 saturated heterocycles. The van der Waals surface area contributed by atoms with Gasteiger partial charge in [-0.25, -0.2) is 8.42 Å². The Hall–Kier alpha value is -1.05. The van der Waals surface area contributed by atoms with Crippen LogP contribution in [-0.4, -0.2) is 33.6 Å². The van der Waals surface area contributed by atoms with Gasteiger partial charge >= 0.3 is 0 Å². The summed E-state index contributed by atoms with van der Waals surface area (Å²) in [5.74, 6) is -0.453. The Bertz CT molecular complexity index is 589. The molecule has 1 fully saturated rings. The first-order valence-corrected chi connectivity index (χ1v) is 8.64. The fourth-order valence-electron chi connectivity index (χ4n) is 2.08. The first-order chi connectivity index (χ1) is 9.38. The number of hydrogen-bond acceptors (Lipinski definition) is 5. The summed E-state index contributed by atoms with van der Waals surface area (Å²) >= 11 is 0. The average Bonchev–Trinajstić information content (AvgIpc) is 2.79. The molecule has 2 rings (SSSR count). The van der Waals surface area contributed by atoms with E-state index in [9.17, 15) is 13.2 Å². The van der Waals surface area contributed by atoms with E-state index >= 15 is 0 Å². The molecule has 0 radical (unpaired) electrons. The third-order valence-corrected chi connectivity index (χ3v) is 4.55. The first kappa shape index (κ1) is 15.3. The van der Waals surface area contributed by atoms with Crippen molar-refractivity contribution in [1.29, 1.82) is 0 Å². The van der Waals surface area contributed by atoms with Crippen molar-refractivity contribution in [3.8, 4) is 0 Å². The van der Waals surface area contributed by atoms with Gasteiger partial charge in [0.25, 0.3) is 15.0 Å². The van der Waals surface area contributed by atoms with Gasteiger partial charge in [0.05, 0.1) is 6.10 Å². The van der Waals surface area contributed by atoms with Crippen LogP contribution in [0.5, 0.6) is 0 Å². The monoisotopic (exact) mass is 321 g/mol. The molecule has 1 aromatic heterocycles. The summed E-state index contributed by atoms with van der Waals surface area (Å²) in [6.45, 7) is 2.52. The van der Waals surface area contributed by atoms with Crippen LogP contribution in [0.15, 0.2) is 15.4 Å². The lowest BCUT2D eigenvalue weighted by Crippen LogP contribution is -2.35. The Labute approximate surface area is 121 Å². The minimum atomic E-state index is -3.91. The zero-order chi connectivity index (χ0) is 14.8. The van der Waals surface area contributed by atoms with Gasteiger partial charge in [0, 0.05) is 29.9 Å². The Morgan fingerprint density at radius 3 is 2.80 bits per heavy atom. The normalized spacial score (nSPS) is 19.8. The Kier molecular flexibility index (Phi) is 4.72. The summed E-state index contributed by atoms with van der Waals surface area (Å²) in [4.78, 5) is 11.7. The molecular weight excluding hydrogens is 306 g/mol. The first-order valence-electron chi connectivity index (χ1n) is 6.33. The van der Waals surface area contributed by atoms with E-state index < -0.39 is 15.0 Å². The molecule has 1 unspecified atom stereocenters. The lowest BCUT2D eigenvalue weighted by molar-refractivity contribution is 0.0167. The zero-order valence-electron chi connectivity index (χ0n) is 11.0. The van der Waals surface area contributed by atoms with E-state index in [1.807, 2.05) is 0 Å². The quantitative estimate of drug-likeness (QED) is 0.855. The molecule has 0 aromatic carbocycles. The molecule has 112 valence electrons. The minimum absolute atomic E-state index is 0.00000998. The number of furan rings is 1. The molecule has 0 bridgehead atoms. The average molecular weight is 322 g/mol. The highest BCUT2D eigenvalue weighted by molar-refractivity contribution is 8.13. The number of carbonyl (C=O) groups excluding carboxylic acids is 1. The zero-order valence-corrected chi connectivity index (χ0v) is 12.6. The molecule has 2 heterocycles. The van der Waals surface area contributed by atoms with Crippen LogP contribution in [0, 0.1) is 6.92 Å². The van der Waals surface area contributed by atoms with Crippen molar-refractivity contribution in [2.75, 3.05) is 13.2 Å². The van der Waals surface area contributed by atoms with Crippen molar-refractivity contribution in [3.63, 3.8) is 0 Å². The van der Waals surface area contributed by atoms with E-state index in [1.54, 1.807) is 0 Å². The van der Waals surface area contributed by atoms with Gasteiger partial charge in [0.1, 0.15) is 10.7 Å². The predicted molar refractivity (Wildman–Crippen MR) is 72.4 cm³/mol. The van der Waals surface area contributed by atoms with E-state index in [2.05, 4.69) is 5.32 Å². The summed E-state index contributed by atoms with van der Waals surface area (Å²) in [6, 6.07) is 1.13. The van der Waals surface area contributed by atoms with E-state index in [1.165, 1.54) is 6.92 Å². The second kappa shape index (κ2) is 6.15. The van der Waals surface area contributed by atoms with Crippen molar-refractivity contribution in [2.24, 2.45) is 0 Å². The molecular formula is C12H16ClNO5S. The summed E-state index contributed by atoms with van der Waals surface area (Å²) in [7, 11) is 1.33. The molecule has 0 spiro atoms. The fourth-order valence-corrected chi connectivity index (χ4v) is 3.17. The molecule has 1 aromatic rings. The van der Waals surface area contributed by atoms with Crippen molar-refractivity contribution in [1.82, 2.24) is 5.32 Å². The van der Waals surface area contributed by atoms with Gasteiger partial charge in [-0.05, 0) is 26.2 Å². The summed E-state index contributed by atoms with van der Waals surface area (Å²) in [5, 5.41) is 2.67. The van der Waals surface area contributed by atoms with E-state index in [4.69, 9.17) is 19.8 Å². The maximum absolute atomic E-state index is 11.9. The van der Waals surface area contributed by atoms with Crippen LogP contribution >= 0.6 is 10.7 Å². The molecule has 0 saturated carbocycles. The van der Waals surface area contributed by atoms with Gasteiger partial charge < -0.3 is 14.5 Å². The molecule has 1 N–H and O–H groups in total. The molecule has 0 aliphatic carbocycles. The largest absolute Gasteiger partial charge is 0.455 e. The van der Waals surface area contributed by atoms with Gasteiger partial charge in [-0.15, -0.1) is 0 Å². The number of aryl methyl sites for hydroxylation is 1. The molecule has 1 aliphatic heterocycles. The topological polar surface area (TPSA) is 85.6 Å². The van der Waals surface area contributed by atoms with Gasteiger partial charge in [-0.2, -0.15) is 0 Å². The van der Waals surface area contributed by atoms with E-state index in [0.29, 0.717) is 13.2 Å².